The second-order valence-corrected chi connectivity index (χ2v) is 6.30. The largest absolute Gasteiger partial charge is 0.367 e. The average Bonchev–Trinajstić information content (AvgIpc) is 2.69. The van der Waals surface area contributed by atoms with Crippen molar-refractivity contribution in [1.82, 2.24) is 5.16 Å². The van der Waals surface area contributed by atoms with E-state index in [1.807, 2.05) is 0 Å². The van der Waals surface area contributed by atoms with Crippen molar-refractivity contribution >= 4 is 5.88 Å². The zero-order chi connectivity index (χ0) is 14.7. The van der Waals surface area contributed by atoms with Crippen molar-refractivity contribution in [2.24, 2.45) is 5.92 Å². The number of nitrogens with zero attached hydrogens (tertiary/aromatic N) is 1. The molecule has 3 heteroatoms. The number of anilines is 1. The smallest absolute Gasteiger partial charge is 0.230 e. The van der Waals surface area contributed by atoms with Crippen LogP contribution in [0.2, 0.25) is 0 Å². The molecule has 1 fully saturated rings. The number of rotatable bonds is 3. The van der Waals surface area contributed by atoms with Crippen LogP contribution >= 0.6 is 0 Å². The molecule has 1 saturated carbocycles. The molecule has 1 aliphatic carbocycles. The van der Waals surface area contributed by atoms with Gasteiger partial charge >= 0.3 is 0 Å². The van der Waals surface area contributed by atoms with Gasteiger partial charge in [0.25, 0.3) is 0 Å². The summed E-state index contributed by atoms with van der Waals surface area (Å²) < 4.78 is 5.28. The maximum absolute atomic E-state index is 6.02. The van der Waals surface area contributed by atoms with E-state index in [0.717, 1.165) is 29.2 Å². The molecule has 1 aliphatic rings. The molecular formula is C18H24N2O. The molecule has 0 aliphatic heterocycles. The van der Waals surface area contributed by atoms with Crippen molar-refractivity contribution in [3.05, 3.63) is 35.5 Å². The van der Waals surface area contributed by atoms with Crippen LogP contribution in [0.25, 0.3) is 11.1 Å². The first kappa shape index (κ1) is 14.2. The molecule has 3 nitrogen and oxygen atoms in total. The SMILES string of the molecule is Cc1ccc(-c2c(CC3CCCCCC3)noc2N)cc1. The molecule has 0 saturated heterocycles. The van der Waals surface area contributed by atoms with Crippen molar-refractivity contribution in [3.8, 4) is 11.1 Å². The van der Waals surface area contributed by atoms with Gasteiger partial charge < -0.3 is 10.3 Å². The van der Waals surface area contributed by atoms with Crippen LogP contribution < -0.4 is 5.73 Å². The molecule has 0 atom stereocenters. The second kappa shape index (κ2) is 6.33. The van der Waals surface area contributed by atoms with E-state index in [2.05, 4.69) is 36.3 Å². The fraction of sp³-hybridized carbons (Fsp3) is 0.500. The van der Waals surface area contributed by atoms with E-state index in [1.165, 1.54) is 44.1 Å². The summed E-state index contributed by atoms with van der Waals surface area (Å²) in [7, 11) is 0. The molecule has 2 aromatic rings. The quantitative estimate of drug-likeness (QED) is 0.828. The molecule has 1 aromatic heterocycles. The van der Waals surface area contributed by atoms with Crippen LogP contribution in [-0.4, -0.2) is 5.16 Å². The number of nitrogen functional groups attached to an aromatic ring is 1. The summed E-state index contributed by atoms with van der Waals surface area (Å²) in [4.78, 5) is 0. The maximum Gasteiger partial charge on any atom is 0.230 e. The first-order valence-electron chi connectivity index (χ1n) is 8.05. The number of aryl methyl sites for hydroxylation is 1. The summed E-state index contributed by atoms with van der Waals surface area (Å²) in [5, 5.41) is 4.24. The van der Waals surface area contributed by atoms with Gasteiger partial charge in [0.1, 0.15) is 0 Å². The Kier molecular flexibility index (Phi) is 4.28. The van der Waals surface area contributed by atoms with Gasteiger partial charge in [-0.1, -0.05) is 73.5 Å². The van der Waals surface area contributed by atoms with Gasteiger partial charge in [0.2, 0.25) is 5.88 Å². The normalized spacial score (nSPS) is 16.8. The van der Waals surface area contributed by atoms with Gasteiger partial charge in [-0.3, -0.25) is 0 Å². The first-order valence-corrected chi connectivity index (χ1v) is 8.05. The van der Waals surface area contributed by atoms with Gasteiger partial charge in [-0.15, -0.1) is 0 Å². The molecule has 0 unspecified atom stereocenters. The molecular weight excluding hydrogens is 260 g/mol. The minimum atomic E-state index is 0.447. The van der Waals surface area contributed by atoms with Gasteiger partial charge in [-0.2, -0.15) is 0 Å². The minimum absolute atomic E-state index is 0.447. The minimum Gasteiger partial charge on any atom is -0.367 e. The first-order chi connectivity index (χ1) is 10.2. The zero-order valence-electron chi connectivity index (χ0n) is 12.8. The molecule has 112 valence electrons. The highest BCUT2D eigenvalue weighted by Crippen LogP contribution is 2.34. The van der Waals surface area contributed by atoms with Crippen molar-refractivity contribution < 1.29 is 4.52 Å². The van der Waals surface area contributed by atoms with E-state index in [-0.39, 0.29) is 0 Å². The topological polar surface area (TPSA) is 52.0 Å². The van der Waals surface area contributed by atoms with Crippen LogP contribution in [0.4, 0.5) is 5.88 Å². The second-order valence-electron chi connectivity index (χ2n) is 6.30. The monoisotopic (exact) mass is 284 g/mol. The lowest BCUT2D eigenvalue weighted by Gasteiger charge is -2.12. The third-order valence-electron chi connectivity index (χ3n) is 4.59. The Balaban J connectivity index is 1.84. The molecule has 0 amide bonds. The van der Waals surface area contributed by atoms with Gasteiger partial charge in [-0.05, 0) is 24.8 Å². The van der Waals surface area contributed by atoms with Crippen LogP contribution in [0, 0.1) is 12.8 Å². The molecule has 3 rings (SSSR count). The molecule has 0 spiro atoms. The Morgan fingerprint density at radius 2 is 1.76 bits per heavy atom. The van der Waals surface area contributed by atoms with Crippen molar-refractivity contribution in [3.63, 3.8) is 0 Å². The fourth-order valence-electron chi connectivity index (χ4n) is 3.35. The Hall–Kier alpha value is -1.77. The predicted octanol–water partition coefficient (Wildman–Crippen LogP) is 4.75. The van der Waals surface area contributed by atoms with E-state index >= 15 is 0 Å². The number of benzene rings is 1. The summed E-state index contributed by atoms with van der Waals surface area (Å²) in [5.74, 6) is 1.17. The lowest BCUT2D eigenvalue weighted by Crippen LogP contribution is -2.04. The maximum atomic E-state index is 6.02. The van der Waals surface area contributed by atoms with Crippen LogP contribution in [-0.2, 0) is 6.42 Å². The van der Waals surface area contributed by atoms with Gasteiger partial charge in [0.05, 0.1) is 11.3 Å². The van der Waals surface area contributed by atoms with E-state index in [0.29, 0.717) is 5.88 Å². The fourth-order valence-corrected chi connectivity index (χ4v) is 3.35. The average molecular weight is 284 g/mol. The van der Waals surface area contributed by atoms with Crippen molar-refractivity contribution in [1.29, 1.82) is 0 Å². The van der Waals surface area contributed by atoms with E-state index < -0.39 is 0 Å². The predicted molar refractivity (Wildman–Crippen MR) is 86.0 cm³/mol. The lowest BCUT2D eigenvalue weighted by atomic mass is 9.92. The summed E-state index contributed by atoms with van der Waals surface area (Å²) in [6, 6.07) is 8.43. The standard InChI is InChI=1S/C18H24N2O/c1-13-8-10-15(11-9-13)17-16(20-21-18(17)19)12-14-6-4-2-3-5-7-14/h8-11,14H,2-7,12,19H2,1H3. The number of hydrogen-bond acceptors (Lipinski definition) is 3. The van der Waals surface area contributed by atoms with Crippen molar-refractivity contribution in [2.45, 2.75) is 51.9 Å². The number of aromatic nitrogens is 1. The highest BCUT2D eigenvalue weighted by atomic mass is 16.5. The van der Waals surface area contributed by atoms with Crippen LogP contribution in [0.1, 0.15) is 49.8 Å². The van der Waals surface area contributed by atoms with E-state index in [9.17, 15) is 0 Å². The van der Waals surface area contributed by atoms with Crippen LogP contribution in [0.3, 0.4) is 0 Å². The Labute approximate surface area is 126 Å². The van der Waals surface area contributed by atoms with Crippen molar-refractivity contribution in [2.75, 3.05) is 5.73 Å². The molecule has 1 heterocycles. The van der Waals surface area contributed by atoms with Gasteiger partial charge in [0, 0.05) is 0 Å². The highest BCUT2D eigenvalue weighted by Gasteiger charge is 2.20. The molecule has 1 aromatic carbocycles. The van der Waals surface area contributed by atoms with Gasteiger partial charge in [0.15, 0.2) is 0 Å². The number of nitrogens with two attached hydrogens (primary N) is 1. The van der Waals surface area contributed by atoms with Crippen LogP contribution in [0.5, 0.6) is 0 Å². The third kappa shape index (κ3) is 3.29. The zero-order valence-corrected chi connectivity index (χ0v) is 12.8. The Morgan fingerprint density at radius 1 is 1.10 bits per heavy atom. The third-order valence-corrected chi connectivity index (χ3v) is 4.59. The molecule has 0 bridgehead atoms. The molecule has 21 heavy (non-hydrogen) atoms. The molecule has 0 radical (unpaired) electrons. The highest BCUT2D eigenvalue weighted by molar-refractivity contribution is 5.75. The Bertz CT molecular complexity index is 578. The molecule has 2 N–H and O–H groups in total. The number of hydrogen-bond donors (Lipinski definition) is 1. The summed E-state index contributed by atoms with van der Waals surface area (Å²) in [6.45, 7) is 2.09. The lowest BCUT2D eigenvalue weighted by molar-refractivity contribution is 0.403. The van der Waals surface area contributed by atoms with Crippen LogP contribution in [0.15, 0.2) is 28.8 Å². The summed E-state index contributed by atoms with van der Waals surface area (Å²) in [5.41, 5.74) is 10.4. The van der Waals surface area contributed by atoms with E-state index in [4.69, 9.17) is 10.3 Å². The Morgan fingerprint density at radius 3 is 2.43 bits per heavy atom. The van der Waals surface area contributed by atoms with E-state index in [1.54, 1.807) is 0 Å². The van der Waals surface area contributed by atoms with Gasteiger partial charge in [-0.25, -0.2) is 0 Å². The summed E-state index contributed by atoms with van der Waals surface area (Å²) >= 11 is 0. The summed E-state index contributed by atoms with van der Waals surface area (Å²) in [6.07, 6.45) is 9.05.